The van der Waals surface area contributed by atoms with E-state index in [1.165, 1.54) is 0 Å². The number of nitrogens with zero attached hydrogens (tertiary/aromatic N) is 1. The number of benzene rings is 1. The van der Waals surface area contributed by atoms with Gasteiger partial charge in [-0.15, -0.1) is 0 Å². The second-order valence-electron chi connectivity index (χ2n) is 6.12. The van der Waals surface area contributed by atoms with Crippen LogP contribution in [0.3, 0.4) is 0 Å². The fraction of sp³-hybridized carbons (Fsp3) is 0.529. The van der Waals surface area contributed by atoms with E-state index >= 15 is 0 Å². The Kier molecular flexibility index (Phi) is 5.41. The molecular weight excluding hydrogens is 280 g/mol. The Morgan fingerprint density at radius 2 is 2.05 bits per heavy atom. The van der Waals surface area contributed by atoms with Crippen molar-refractivity contribution in [1.82, 2.24) is 10.2 Å². The van der Waals surface area contributed by atoms with Crippen molar-refractivity contribution in [3.05, 3.63) is 29.8 Å². The number of aryl methyl sites for hydroxylation is 1. The predicted molar refractivity (Wildman–Crippen MR) is 84.6 cm³/mol. The van der Waals surface area contributed by atoms with Crippen molar-refractivity contribution in [3.63, 3.8) is 0 Å². The summed E-state index contributed by atoms with van der Waals surface area (Å²) in [5.41, 5.74) is 1.15. The Balaban J connectivity index is 1.70. The molecule has 2 rings (SSSR count). The highest BCUT2D eigenvalue weighted by Crippen LogP contribution is 2.19. The number of likely N-dealkylation sites (tertiary alicyclic amines) is 1. The van der Waals surface area contributed by atoms with Gasteiger partial charge >= 0.3 is 0 Å². The molecule has 1 fully saturated rings. The van der Waals surface area contributed by atoms with Crippen LogP contribution in [0.1, 0.15) is 25.8 Å². The molecule has 1 aliphatic rings. The van der Waals surface area contributed by atoms with Crippen LogP contribution in [0.4, 0.5) is 0 Å². The first-order valence-corrected chi connectivity index (χ1v) is 7.71. The van der Waals surface area contributed by atoms with Gasteiger partial charge in [-0.1, -0.05) is 17.7 Å². The zero-order valence-corrected chi connectivity index (χ0v) is 13.5. The molecule has 0 bridgehead atoms. The molecule has 1 unspecified atom stereocenters. The van der Waals surface area contributed by atoms with Crippen LogP contribution < -0.4 is 10.1 Å². The summed E-state index contributed by atoms with van der Waals surface area (Å²) in [7, 11) is 0. The molecule has 0 radical (unpaired) electrons. The molecule has 0 aliphatic carbocycles. The van der Waals surface area contributed by atoms with Crippen molar-refractivity contribution in [3.8, 4) is 5.75 Å². The van der Waals surface area contributed by atoms with Crippen LogP contribution in [-0.4, -0.2) is 42.5 Å². The minimum Gasteiger partial charge on any atom is -0.484 e. The van der Waals surface area contributed by atoms with Gasteiger partial charge in [0.05, 0.1) is 0 Å². The van der Waals surface area contributed by atoms with Crippen LogP contribution in [0.15, 0.2) is 24.3 Å². The Bertz CT molecular complexity index is 525. The highest BCUT2D eigenvalue weighted by atomic mass is 16.5. The summed E-state index contributed by atoms with van der Waals surface area (Å²) in [6.45, 7) is 7.25. The smallest absolute Gasteiger partial charge is 0.257 e. The fourth-order valence-electron chi connectivity index (χ4n) is 2.54. The Morgan fingerprint density at radius 3 is 2.64 bits per heavy atom. The van der Waals surface area contributed by atoms with E-state index in [-0.39, 0.29) is 30.4 Å². The summed E-state index contributed by atoms with van der Waals surface area (Å²) in [5, 5.41) is 2.84. The predicted octanol–water partition coefficient (Wildman–Crippen LogP) is 1.75. The van der Waals surface area contributed by atoms with E-state index in [1.54, 1.807) is 0 Å². The Hall–Kier alpha value is -2.04. The second kappa shape index (κ2) is 7.29. The van der Waals surface area contributed by atoms with Crippen LogP contribution in [-0.2, 0) is 9.59 Å². The third-order valence-electron chi connectivity index (χ3n) is 3.84. The summed E-state index contributed by atoms with van der Waals surface area (Å²) in [6, 6.07) is 7.80. The zero-order valence-electron chi connectivity index (χ0n) is 13.5. The van der Waals surface area contributed by atoms with Gasteiger partial charge in [-0.3, -0.25) is 9.59 Å². The Morgan fingerprint density at radius 1 is 1.36 bits per heavy atom. The number of nitrogens with one attached hydrogen (secondary N) is 1. The Labute approximate surface area is 131 Å². The molecule has 1 saturated heterocycles. The lowest BCUT2D eigenvalue weighted by atomic mass is 10.1. The van der Waals surface area contributed by atoms with Gasteiger partial charge in [0.1, 0.15) is 5.75 Å². The third kappa shape index (κ3) is 4.48. The van der Waals surface area contributed by atoms with Gasteiger partial charge < -0.3 is 15.0 Å². The maximum atomic E-state index is 11.8. The first-order valence-electron chi connectivity index (χ1n) is 7.71. The molecule has 0 aromatic heterocycles. The first kappa shape index (κ1) is 16.3. The lowest BCUT2D eigenvalue weighted by molar-refractivity contribution is -0.129. The second-order valence-corrected chi connectivity index (χ2v) is 6.12. The third-order valence-corrected chi connectivity index (χ3v) is 3.84. The SMILES string of the molecule is Cc1ccc(OCC(=O)NCC2CC(=O)N(C(C)C)C2)cc1. The maximum absolute atomic E-state index is 11.8. The standard InChI is InChI=1S/C17H24N2O3/c1-12(2)19-10-14(8-17(19)21)9-18-16(20)11-22-15-6-4-13(3)5-7-15/h4-7,12,14H,8-11H2,1-3H3,(H,18,20). The van der Waals surface area contributed by atoms with Gasteiger partial charge in [0.15, 0.2) is 6.61 Å². The van der Waals surface area contributed by atoms with E-state index in [1.807, 2.05) is 49.9 Å². The highest BCUT2D eigenvalue weighted by Gasteiger charge is 2.31. The monoisotopic (exact) mass is 304 g/mol. The number of carbonyl (C=O) groups is 2. The lowest BCUT2D eigenvalue weighted by Crippen LogP contribution is -2.35. The van der Waals surface area contributed by atoms with Crippen LogP contribution in [0.2, 0.25) is 0 Å². The van der Waals surface area contributed by atoms with E-state index in [9.17, 15) is 9.59 Å². The molecule has 1 aliphatic heterocycles. The summed E-state index contributed by atoms with van der Waals surface area (Å²) in [5.74, 6) is 0.891. The molecule has 2 amide bonds. The number of hydrogen-bond acceptors (Lipinski definition) is 3. The van der Waals surface area contributed by atoms with Gasteiger partial charge in [0, 0.05) is 31.5 Å². The van der Waals surface area contributed by atoms with Crippen LogP contribution in [0.5, 0.6) is 5.75 Å². The molecule has 22 heavy (non-hydrogen) atoms. The maximum Gasteiger partial charge on any atom is 0.257 e. The van der Waals surface area contributed by atoms with Gasteiger partial charge in [-0.2, -0.15) is 0 Å². The average molecular weight is 304 g/mol. The quantitative estimate of drug-likeness (QED) is 0.871. The van der Waals surface area contributed by atoms with Crippen molar-refractivity contribution in [1.29, 1.82) is 0 Å². The summed E-state index contributed by atoms with van der Waals surface area (Å²) >= 11 is 0. The number of ether oxygens (including phenoxy) is 1. The molecule has 5 nitrogen and oxygen atoms in total. The summed E-state index contributed by atoms with van der Waals surface area (Å²) < 4.78 is 5.43. The van der Waals surface area contributed by atoms with Crippen molar-refractivity contribution in [2.45, 2.75) is 33.2 Å². The summed E-state index contributed by atoms with van der Waals surface area (Å²) in [4.78, 5) is 25.5. The number of carbonyl (C=O) groups excluding carboxylic acids is 2. The van der Waals surface area contributed by atoms with Gasteiger partial charge in [0.2, 0.25) is 5.91 Å². The highest BCUT2D eigenvalue weighted by molar-refractivity contribution is 5.80. The fourth-order valence-corrected chi connectivity index (χ4v) is 2.54. The number of hydrogen-bond donors (Lipinski definition) is 1. The summed E-state index contributed by atoms with van der Waals surface area (Å²) in [6.07, 6.45) is 0.511. The molecule has 1 atom stereocenters. The largest absolute Gasteiger partial charge is 0.484 e. The molecule has 120 valence electrons. The molecule has 0 spiro atoms. The van der Waals surface area contributed by atoms with Gasteiger partial charge in [-0.05, 0) is 32.9 Å². The molecule has 1 N–H and O–H groups in total. The van der Waals surface area contributed by atoms with Crippen molar-refractivity contribution in [2.75, 3.05) is 19.7 Å². The van der Waals surface area contributed by atoms with Gasteiger partial charge in [0.25, 0.3) is 5.91 Å². The normalized spacial score (nSPS) is 17.9. The van der Waals surface area contributed by atoms with Crippen LogP contribution >= 0.6 is 0 Å². The number of amides is 2. The molecule has 1 aromatic rings. The topological polar surface area (TPSA) is 58.6 Å². The van der Waals surface area contributed by atoms with Gasteiger partial charge in [-0.25, -0.2) is 0 Å². The molecular formula is C17H24N2O3. The van der Waals surface area contributed by atoms with Crippen LogP contribution in [0.25, 0.3) is 0 Å². The van der Waals surface area contributed by atoms with Crippen LogP contribution in [0, 0.1) is 12.8 Å². The first-order chi connectivity index (χ1) is 10.5. The van der Waals surface area contributed by atoms with E-state index in [0.29, 0.717) is 18.7 Å². The minimum absolute atomic E-state index is 0.00236. The number of rotatable bonds is 6. The lowest BCUT2D eigenvalue weighted by Gasteiger charge is -2.21. The van der Waals surface area contributed by atoms with Crippen molar-refractivity contribution >= 4 is 11.8 Å². The zero-order chi connectivity index (χ0) is 16.1. The molecule has 5 heteroatoms. The molecule has 1 heterocycles. The van der Waals surface area contributed by atoms with Crippen molar-refractivity contribution < 1.29 is 14.3 Å². The van der Waals surface area contributed by atoms with Crippen molar-refractivity contribution in [2.24, 2.45) is 5.92 Å². The van der Waals surface area contributed by atoms with E-state index < -0.39 is 0 Å². The minimum atomic E-state index is -0.156. The van der Waals surface area contributed by atoms with E-state index in [2.05, 4.69) is 5.32 Å². The molecule has 1 aromatic carbocycles. The average Bonchev–Trinajstić information content (AvgIpc) is 2.86. The molecule has 0 saturated carbocycles. The van der Waals surface area contributed by atoms with E-state index in [4.69, 9.17) is 4.74 Å². The van der Waals surface area contributed by atoms with E-state index in [0.717, 1.165) is 12.1 Å².